The van der Waals surface area contributed by atoms with E-state index < -0.39 is 9.84 Å². The van der Waals surface area contributed by atoms with E-state index >= 15 is 0 Å². The minimum Gasteiger partial charge on any atom is -0.308 e. The molecule has 1 fully saturated rings. The van der Waals surface area contributed by atoms with Crippen LogP contribution < -0.4 is 5.32 Å². The fourth-order valence-electron chi connectivity index (χ4n) is 1.94. The molecule has 0 saturated carbocycles. The van der Waals surface area contributed by atoms with Gasteiger partial charge in [-0.2, -0.15) is 0 Å². The fourth-order valence-corrected chi connectivity index (χ4v) is 4.65. The first-order chi connectivity index (χ1) is 7.46. The van der Waals surface area contributed by atoms with Crippen molar-refractivity contribution in [2.24, 2.45) is 0 Å². The average molecular weight is 259 g/mol. The van der Waals surface area contributed by atoms with Gasteiger partial charge in [-0.3, -0.25) is 0 Å². The van der Waals surface area contributed by atoms with E-state index in [0.717, 1.165) is 13.0 Å². The summed E-state index contributed by atoms with van der Waals surface area (Å²) in [5, 5.41) is 3.33. The quantitative estimate of drug-likeness (QED) is 0.897. The molecule has 1 aromatic heterocycles. The smallest absolute Gasteiger partial charge is 0.151 e. The van der Waals surface area contributed by atoms with E-state index in [-0.39, 0.29) is 6.04 Å². The van der Waals surface area contributed by atoms with Crippen LogP contribution in [-0.2, 0) is 16.4 Å². The van der Waals surface area contributed by atoms with E-state index in [1.54, 1.807) is 11.3 Å². The van der Waals surface area contributed by atoms with Gasteiger partial charge in [-0.1, -0.05) is 0 Å². The zero-order valence-corrected chi connectivity index (χ0v) is 11.2. The molecule has 0 spiro atoms. The number of sulfone groups is 1. The van der Waals surface area contributed by atoms with Crippen molar-refractivity contribution >= 4 is 21.2 Å². The largest absolute Gasteiger partial charge is 0.308 e. The number of nitrogens with one attached hydrogen (secondary N) is 1. The van der Waals surface area contributed by atoms with Crippen molar-refractivity contribution < 1.29 is 8.42 Å². The van der Waals surface area contributed by atoms with Gasteiger partial charge in [0.15, 0.2) is 9.84 Å². The number of aryl methyl sites for hydroxylation is 2. The van der Waals surface area contributed by atoms with Crippen molar-refractivity contribution in [1.82, 2.24) is 5.32 Å². The van der Waals surface area contributed by atoms with Crippen LogP contribution in [0.25, 0.3) is 0 Å². The molecule has 3 nitrogen and oxygen atoms in total. The molecule has 0 amide bonds. The van der Waals surface area contributed by atoms with Crippen molar-refractivity contribution in [3.8, 4) is 0 Å². The summed E-state index contributed by atoms with van der Waals surface area (Å²) in [5.41, 5.74) is 1.32. The summed E-state index contributed by atoms with van der Waals surface area (Å²) in [7, 11) is -2.76. The van der Waals surface area contributed by atoms with Gasteiger partial charge in [-0.15, -0.1) is 11.3 Å². The first-order valence-corrected chi connectivity index (χ1v) is 8.10. The number of thiophene rings is 1. The van der Waals surface area contributed by atoms with E-state index in [1.807, 2.05) is 0 Å². The summed E-state index contributed by atoms with van der Waals surface area (Å²) in [6.07, 6.45) is 0.756. The fraction of sp³-hybridized carbons (Fsp3) is 0.636. The third-order valence-electron chi connectivity index (χ3n) is 3.01. The van der Waals surface area contributed by atoms with Crippen LogP contribution in [0, 0.1) is 13.8 Å². The van der Waals surface area contributed by atoms with Gasteiger partial charge in [-0.05, 0) is 31.9 Å². The molecule has 0 bridgehead atoms. The topological polar surface area (TPSA) is 46.2 Å². The monoisotopic (exact) mass is 259 g/mol. The van der Waals surface area contributed by atoms with Crippen LogP contribution in [0.5, 0.6) is 0 Å². The Kier molecular flexibility index (Phi) is 3.37. The Labute approximate surface area is 101 Å². The van der Waals surface area contributed by atoms with E-state index in [1.165, 1.54) is 15.3 Å². The normalized spacial score (nSPS) is 23.8. The molecular formula is C11H17NO2S2. The van der Waals surface area contributed by atoms with Gasteiger partial charge in [-0.25, -0.2) is 8.42 Å². The predicted molar refractivity (Wildman–Crippen MR) is 67.7 cm³/mol. The van der Waals surface area contributed by atoms with E-state index in [4.69, 9.17) is 0 Å². The second kappa shape index (κ2) is 4.47. The zero-order valence-electron chi connectivity index (χ0n) is 9.62. The molecule has 0 aliphatic carbocycles. The Morgan fingerprint density at radius 3 is 2.75 bits per heavy atom. The maximum Gasteiger partial charge on any atom is 0.151 e. The third kappa shape index (κ3) is 2.84. The van der Waals surface area contributed by atoms with Crippen molar-refractivity contribution in [2.75, 3.05) is 11.5 Å². The zero-order chi connectivity index (χ0) is 11.8. The highest BCUT2D eigenvalue weighted by Gasteiger charge is 2.27. The molecule has 1 aliphatic rings. The van der Waals surface area contributed by atoms with Crippen LogP contribution in [0.3, 0.4) is 0 Å². The summed E-state index contributed by atoms with van der Waals surface area (Å²) in [6, 6.07) is 2.32. The van der Waals surface area contributed by atoms with Gasteiger partial charge in [0, 0.05) is 22.3 Å². The molecule has 1 saturated heterocycles. The summed E-state index contributed by atoms with van der Waals surface area (Å²) < 4.78 is 22.5. The third-order valence-corrected chi connectivity index (χ3v) is 5.93. The predicted octanol–water partition coefficient (Wildman–Crippen LogP) is 1.64. The lowest BCUT2D eigenvalue weighted by Gasteiger charge is -2.08. The van der Waals surface area contributed by atoms with Crippen LogP contribution in [0.1, 0.15) is 21.7 Å². The number of rotatable bonds is 3. The molecule has 1 aromatic rings. The van der Waals surface area contributed by atoms with Crippen LogP contribution in [0.4, 0.5) is 0 Å². The van der Waals surface area contributed by atoms with Crippen LogP contribution in [-0.4, -0.2) is 26.0 Å². The SMILES string of the molecule is Cc1cc(CNC2CCS(=O)(=O)C2)sc1C. The lowest BCUT2D eigenvalue weighted by atomic mass is 10.2. The van der Waals surface area contributed by atoms with E-state index in [2.05, 4.69) is 25.2 Å². The molecule has 1 aliphatic heterocycles. The highest BCUT2D eigenvalue weighted by molar-refractivity contribution is 7.91. The lowest BCUT2D eigenvalue weighted by Crippen LogP contribution is -2.29. The number of hydrogen-bond donors (Lipinski definition) is 1. The minimum atomic E-state index is -2.76. The van der Waals surface area contributed by atoms with Crippen LogP contribution in [0.15, 0.2) is 6.07 Å². The molecule has 16 heavy (non-hydrogen) atoms. The first kappa shape index (κ1) is 12.1. The Morgan fingerprint density at radius 1 is 1.50 bits per heavy atom. The molecule has 90 valence electrons. The van der Waals surface area contributed by atoms with Gasteiger partial charge in [0.05, 0.1) is 11.5 Å². The molecular weight excluding hydrogens is 242 g/mol. The summed E-state index contributed by atoms with van der Waals surface area (Å²) in [5.74, 6) is 0.642. The molecule has 2 rings (SSSR count). The van der Waals surface area contributed by atoms with Gasteiger partial charge in [0.25, 0.3) is 0 Å². The van der Waals surface area contributed by atoms with Crippen molar-refractivity contribution in [3.05, 3.63) is 21.4 Å². The summed E-state index contributed by atoms with van der Waals surface area (Å²) in [6.45, 7) is 5.01. The Bertz CT molecular complexity index is 457. The molecule has 5 heteroatoms. The second-order valence-corrected chi connectivity index (χ2v) is 8.00. The van der Waals surface area contributed by atoms with E-state index in [9.17, 15) is 8.42 Å². The molecule has 2 heterocycles. The summed E-state index contributed by atoms with van der Waals surface area (Å²) >= 11 is 1.79. The Balaban J connectivity index is 1.89. The summed E-state index contributed by atoms with van der Waals surface area (Å²) in [4.78, 5) is 2.63. The molecule has 1 atom stereocenters. The molecule has 1 N–H and O–H groups in total. The van der Waals surface area contributed by atoms with Crippen LogP contribution >= 0.6 is 11.3 Å². The van der Waals surface area contributed by atoms with Crippen LogP contribution in [0.2, 0.25) is 0 Å². The van der Waals surface area contributed by atoms with Crippen molar-refractivity contribution in [2.45, 2.75) is 32.9 Å². The second-order valence-electron chi connectivity index (χ2n) is 4.43. The van der Waals surface area contributed by atoms with Gasteiger partial charge in [0.2, 0.25) is 0 Å². The lowest BCUT2D eigenvalue weighted by molar-refractivity contribution is 0.557. The Morgan fingerprint density at radius 2 is 2.25 bits per heavy atom. The maximum absolute atomic E-state index is 11.3. The minimum absolute atomic E-state index is 0.146. The van der Waals surface area contributed by atoms with Crippen molar-refractivity contribution in [3.63, 3.8) is 0 Å². The standard InChI is InChI=1S/C11H17NO2S2/c1-8-5-11(15-9(8)2)6-12-10-3-4-16(13,14)7-10/h5,10,12H,3-4,6-7H2,1-2H3. The van der Waals surface area contributed by atoms with Gasteiger partial charge < -0.3 is 5.32 Å². The highest BCUT2D eigenvalue weighted by Crippen LogP contribution is 2.21. The first-order valence-electron chi connectivity index (χ1n) is 5.46. The average Bonchev–Trinajstić information content (AvgIpc) is 2.68. The Hall–Kier alpha value is -0.390. The molecule has 0 aromatic carbocycles. The van der Waals surface area contributed by atoms with Gasteiger partial charge in [0.1, 0.15) is 0 Å². The maximum atomic E-state index is 11.3. The molecule has 0 radical (unpaired) electrons. The van der Waals surface area contributed by atoms with Gasteiger partial charge >= 0.3 is 0 Å². The molecule has 1 unspecified atom stereocenters. The van der Waals surface area contributed by atoms with Crippen molar-refractivity contribution in [1.29, 1.82) is 0 Å². The number of hydrogen-bond acceptors (Lipinski definition) is 4. The highest BCUT2D eigenvalue weighted by atomic mass is 32.2. The van der Waals surface area contributed by atoms with E-state index in [0.29, 0.717) is 11.5 Å².